The summed E-state index contributed by atoms with van der Waals surface area (Å²) in [4.78, 5) is 27.3. The van der Waals surface area contributed by atoms with Crippen LogP contribution in [0.4, 0.5) is 0 Å². The summed E-state index contributed by atoms with van der Waals surface area (Å²) in [6, 6.07) is 6.00. The number of carboxylic acids is 1. The molecule has 1 heterocycles. The van der Waals surface area contributed by atoms with Gasteiger partial charge in [-0.1, -0.05) is 18.6 Å². The van der Waals surface area contributed by atoms with Crippen LogP contribution in [-0.4, -0.2) is 58.1 Å². The molecule has 0 aliphatic heterocycles. The number of rotatable bonds is 6. The van der Waals surface area contributed by atoms with Crippen molar-refractivity contribution in [3.05, 3.63) is 52.3 Å². The van der Waals surface area contributed by atoms with Crippen molar-refractivity contribution >= 4 is 11.9 Å². The highest BCUT2D eigenvalue weighted by molar-refractivity contribution is 5.94. The van der Waals surface area contributed by atoms with Crippen LogP contribution >= 0.6 is 0 Å². The van der Waals surface area contributed by atoms with Gasteiger partial charge in [0.15, 0.2) is 0 Å². The van der Waals surface area contributed by atoms with Crippen molar-refractivity contribution in [2.45, 2.75) is 44.7 Å². The maximum atomic E-state index is 12.1. The number of carboxylic acid groups (broad SMARTS) is 1. The van der Waals surface area contributed by atoms with Crippen LogP contribution in [0.2, 0.25) is 0 Å². The average molecular weight is 384 g/mol. The molecule has 2 aromatic rings. The smallest absolute Gasteiger partial charge is 0.325 e. The fourth-order valence-corrected chi connectivity index (χ4v) is 3.84. The van der Waals surface area contributed by atoms with Crippen LogP contribution in [0, 0.1) is 0 Å². The molecule has 7 heteroatoms. The fraction of sp³-hybridized carbons (Fsp3) is 0.476. The Morgan fingerprint density at radius 1 is 1.11 bits per heavy atom. The normalized spacial score (nSPS) is 15.0. The maximum Gasteiger partial charge on any atom is 0.325 e. The minimum atomic E-state index is -0.921. The highest BCUT2D eigenvalue weighted by Crippen LogP contribution is 2.26. The Bertz CT molecular complexity index is 842. The van der Waals surface area contributed by atoms with E-state index in [0.717, 1.165) is 25.0 Å². The molecule has 1 unspecified atom stereocenters. The number of aryl methyl sites for hydroxylation is 1. The fourth-order valence-electron chi connectivity index (χ4n) is 3.84. The number of amides is 1. The molecule has 7 nitrogen and oxygen atoms in total. The number of nitrogens with zero attached hydrogens (tertiary/aromatic N) is 3. The van der Waals surface area contributed by atoms with Crippen molar-refractivity contribution < 1.29 is 14.7 Å². The lowest BCUT2D eigenvalue weighted by molar-refractivity contribution is -0.143. The van der Waals surface area contributed by atoms with E-state index in [0.29, 0.717) is 17.7 Å². The second-order valence-electron chi connectivity index (χ2n) is 7.67. The number of benzene rings is 1. The first-order valence-electron chi connectivity index (χ1n) is 9.68. The summed E-state index contributed by atoms with van der Waals surface area (Å²) in [5.74, 6) is -1.03. The molecule has 2 N–H and O–H groups in total. The Labute approximate surface area is 165 Å². The third-order valence-corrected chi connectivity index (χ3v) is 5.35. The molecular weight excluding hydrogens is 356 g/mol. The number of carbonyl (C=O) groups is 2. The number of likely N-dealkylation sites (N-methyl/N-ethyl adjacent to an activating group) is 1. The van der Waals surface area contributed by atoms with E-state index in [2.05, 4.69) is 10.2 Å². The Morgan fingerprint density at radius 2 is 1.79 bits per heavy atom. The van der Waals surface area contributed by atoms with Gasteiger partial charge >= 0.3 is 5.97 Å². The quantitative estimate of drug-likeness (QED) is 0.748. The molecule has 0 saturated carbocycles. The molecule has 1 aromatic heterocycles. The van der Waals surface area contributed by atoms with E-state index in [9.17, 15) is 14.7 Å². The molecule has 0 fully saturated rings. The molecule has 0 radical (unpaired) electrons. The molecular formula is C21H28N4O3. The number of hydrogen-bond donors (Lipinski definition) is 2. The largest absolute Gasteiger partial charge is 0.480 e. The summed E-state index contributed by atoms with van der Waals surface area (Å²) in [6.07, 6.45) is 5.53. The highest BCUT2D eigenvalue weighted by Gasteiger charge is 2.27. The number of nitrogens with one attached hydrogen (secondary N) is 1. The van der Waals surface area contributed by atoms with E-state index in [1.807, 2.05) is 0 Å². The van der Waals surface area contributed by atoms with E-state index in [1.165, 1.54) is 29.0 Å². The van der Waals surface area contributed by atoms with Crippen molar-refractivity contribution in [1.82, 2.24) is 20.0 Å². The van der Waals surface area contributed by atoms with Gasteiger partial charge in [0, 0.05) is 31.9 Å². The van der Waals surface area contributed by atoms with Gasteiger partial charge < -0.3 is 10.0 Å². The van der Waals surface area contributed by atoms with Crippen molar-refractivity contribution in [3.63, 3.8) is 0 Å². The molecule has 1 aliphatic carbocycles. The SMILES string of the molecule is CN(C)C(=O)c1ccc(C(C(=O)O)N(C)Cc2n[nH]c3c2CCCCC3)cc1. The Balaban J connectivity index is 1.80. The van der Waals surface area contributed by atoms with Crippen molar-refractivity contribution in [1.29, 1.82) is 0 Å². The third kappa shape index (κ3) is 4.25. The molecule has 0 spiro atoms. The summed E-state index contributed by atoms with van der Waals surface area (Å²) < 4.78 is 0. The number of aromatic amines is 1. The number of H-pyrrole nitrogens is 1. The average Bonchev–Trinajstić information content (AvgIpc) is 2.88. The summed E-state index contributed by atoms with van der Waals surface area (Å²) in [5.41, 5.74) is 4.56. The van der Waals surface area contributed by atoms with Crippen molar-refractivity contribution in [3.8, 4) is 0 Å². The van der Waals surface area contributed by atoms with Crippen LogP contribution < -0.4 is 0 Å². The molecule has 1 amide bonds. The molecule has 28 heavy (non-hydrogen) atoms. The summed E-state index contributed by atoms with van der Waals surface area (Å²) >= 11 is 0. The second kappa shape index (κ2) is 8.56. The molecule has 1 aromatic carbocycles. The second-order valence-corrected chi connectivity index (χ2v) is 7.67. The van der Waals surface area contributed by atoms with E-state index in [1.54, 1.807) is 50.3 Å². The van der Waals surface area contributed by atoms with Crippen LogP contribution in [0.3, 0.4) is 0 Å². The van der Waals surface area contributed by atoms with Crippen LogP contribution in [-0.2, 0) is 24.2 Å². The molecule has 0 saturated heterocycles. The third-order valence-electron chi connectivity index (χ3n) is 5.35. The number of fused-ring (bicyclic) bond motifs is 1. The van der Waals surface area contributed by atoms with Gasteiger partial charge in [0.1, 0.15) is 6.04 Å². The Morgan fingerprint density at radius 3 is 2.43 bits per heavy atom. The van der Waals surface area contributed by atoms with E-state index < -0.39 is 12.0 Å². The predicted molar refractivity (Wildman–Crippen MR) is 106 cm³/mol. The first kappa shape index (κ1) is 20.1. The monoisotopic (exact) mass is 384 g/mol. The van der Waals surface area contributed by atoms with Crippen molar-refractivity contribution in [2.75, 3.05) is 21.1 Å². The summed E-state index contributed by atoms with van der Waals surface area (Å²) in [6.45, 7) is 0.460. The summed E-state index contributed by atoms with van der Waals surface area (Å²) in [7, 11) is 5.18. The van der Waals surface area contributed by atoms with Crippen LogP contribution in [0.25, 0.3) is 0 Å². The van der Waals surface area contributed by atoms with Crippen LogP contribution in [0.5, 0.6) is 0 Å². The van der Waals surface area contributed by atoms with Gasteiger partial charge in [-0.2, -0.15) is 5.10 Å². The molecule has 150 valence electrons. The number of aromatic nitrogens is 2. The van der Waals surface area contributed by atoms with E-state index >= 15 is 0 Å². The highest BCUT2D eigenvalue weighted by atomic mass is 16.4. The molecule has 0 bridgehead atoms. The van der Waals surface area contributed by atoms with E-state index in [4.69, 9.17) is 0 Å². The van der Waals surface area contributed by atoms with E-state index in [-0.39, 0.29) is 5.91 Å². The number of aliphatic carboxylic acids is 1. The molecule has 3 rings (SSSR count). The number of carbonyl (C=O) groups excluding carboxylic acids is 1. The zero-order valence-corrected chi connectivity index (χ0v) is 16.7. The van der Waals surface area contributed by atoms with Gasteiger partial charge in [-0.05, 0) is 56.0 Å². The standard InChI is InChI=1S/C21H28N4O3/c1-24(2)20(26)15-11-9-14(10-12-15)19(21(27)28)25(3)13-18-16-7-5-4-6-8-17(16)22-23-18/h9-12,19H,4-8,13H2,1-3H3,(H,22,23)(H,27,28). The topological polar surface area (TPSA) is 89.5 Å². The van der Waals surface area contributed by atoms with Gasteiger partial charge in [0.25, 0.3) is 5.91 Å². The zero-order chi connectivity index (χ0) is 20.3. The first-order chi connectivity index (χ1) is 13.4. The van der Waals surface area contributed by atoms with Gasteiger partial charge in [0.05, 0.1) is 5.69 Å². The van der Waals surface area contributed by atoms with Gasteiger partial charge in [-0.3, -0.25) is 19.6 Å². The van der Waals surface area contributed by atoms with Crippen molar-refractivity contribution in [2.24, 2.45) is 0 Å². The van der Waals surface area contributed by atoms with Crippen LogP contribution in [0.15, 0.2) is 24.3 Å². The number of hydrogen-bond acceptors (Lipinski definition) is 4. The predicted octanol–water partition coefficient (Wildman–Crippen LogP) is 2.64. The van der Waals surface area contributed by atoms with Crippen LogP contribution in [0.1, 0.15) is 58.2 Å². The van der Waals surface area contributed by atoms with Gasteiger partial charge in [0.2, 0.25) is 0 Å². The zero-order valence-electron chi connectivity index (χ0n) is 16.7. The Hall–Kier alpha value is -2.67. The lowest BCUT2D eigenvalue weighted by Gasteiger charge is -2.25. The Kier molecular flexibility index (Phi) is 6.14. The minimum Gasteiger partial charge on any atom is -0.480 e. The maximum absolute atomic E-state index is 12.1. The molecule has 1 aliphatic rings. The lowest BCUT2D eigenvalue weighted by atomic mass is 10.0. The molecule has 1 atom stereocenters. The summed E-state index contributed by atoms with van der Waals surface area (Å²) in [5, 5.41) is 17.4. The minimum absolute atomic E-state index is 0.106. The lowest BCUT2D eigenvalue weighted by Crippen LogP contribution is -2.31. The first-order valence-corrected chi connectivity index (χ1v) is 9.68. The van der Waals surface area contributed by atoms with Gasteiger partial charge in [-0.25, -0.2) is 0 Å². The van der Waals surface area contributed by atoms with Gasteiger partial charge in [-0.15, -0.1) is 0 Å².